The second-order valence-electron chi connectivity index (χ2n) is 4.10. The topological polar surface area (TPSA) is 52.6 Å². The Morgan fingerprint density at radius 3 is 3.06 bits per heavy atom. The van der Waals surface area contributed by atoms with Crippen LogP contribution in [0.15, 0.2) is 24.3 Å². The van der Waals surface area contributed by atoms with Crippen LogP contribution in [0.2, 0.25) is 0 Å². The molecule has 0 N–H and O–H groups in total. The van der Waals surface area contributed by atoms with Crippen LogP contribution in [-0.2, 0) is 22.0 Å². The minimum atomic E-state index is -2.39. The number of nitrogens with zero attached hydrogens (tertiary/aromatic N) is 1. The molecule has 0 bridgehead atoms. The zero-order valence-corrected chi connectivity index (χ0v) is 10.4. The summed E-state index contributed by atoms with van der Waals surface area (Å²) in [4.78, 5) is 2.30. The van der Waals surface area contributed by atoms with E-state index in [0.29, 0.717) is 0 Å². The predicted octanol–water partition coefficient (Wildman–Crippen LogP) is 1.64. The van der Waals surface area contributed by atoms with Gasteiger partial charge in [0.05, 0.1) is 18.0 Å². The highest BCUT2D eigenvalue weighted by Crippen LogP contribution is 2.26. The maximum atomic E-state index is 10.2. The summed E-state index contributed by atoms with van der Waals surface area (Å²) in [5, 5.41) is 0. The van der Waals surface area contributed by atoms with Crippen molar-refractivity contribution in [1.29, 1.82) is 0 Å². The first-order chi connectivity index (χ1) is 8.27. The van der Waals surface area contributed by atoms with E-state index in [1.165, 1.54) is 11.3 Å². The average Bonchev–Trinajstić information content (AvgIpc) is 2.34. The Morgan fingerprint density at radius 1 is 1.41 bits per heavy atom. The molecule has 0 amide bonds. The van der Waals surface area contributed by atoms with Gasteiger partial charge >= 0.3 is 0 Å². The summed E-state index contributed by atoms with van der Waals surface area (Å²) in [6, 6.07) is 8.39. The summed E-state index contributed by atoms with van der Waals surface area (Å²) in [5.74, 6) is 0. The third-order valence-electron chi connectivity index (χ3n) is 2.96. The quantitative estimate of drug-likeness (QED) is 0.592. The van der Waals surface area contributed by atoms with E-state index in [0.717, 1.165) is 32.4 Å². The van der Waals surface area contributed by atoms with Crippen LogP contribution in [0.1, 0.15) is 18.4 Å². The van der Waals surface area contributed by atoms with Crippen molar-refractivity contribution in [2.24, 2.45) is 0 Å². The zero-order valence-electron chi connectivity index (χ0n) is 9.63. The number of para-hydroxylation sites is 1. The molecule has 2 rings (SSSR count). The second kappa shape index (κ2) is 6.14. The molecule has 0 aliphatic carbocycles. The number of anilines is 1. The molecule has 17 heavy (non-hydrogen) atoms. The van der Waals surface area contributed by atoms with Crippen LogP contribution in [0, 0.1) is 0 Å². The van der Waals surface area contributed by atoms with E-state index in [4.69, 9.17) is 0 Å². The molecule has 0 saturated heterocycles. The summed E-state index contributed by atoms with van der Waals surface area (Å²) in [5.41, 5.74) is 2.66. The van der Waals surface area contributed by atoms with Gasteiger partial charge < -0.3 is 13.6 Å². The van der Waals surface area contributed by atoms with Crippen molar-refractivity contribution in [3.63, 3.8) is 0 Å². The fourth-order valence-corrected chi connectivity index (χ4v) is 2.48. The van der Waals surface area contributed by atoms with Gasteiger partial charge in [-0.1, -0.05) is 18.2 Å². The molecule has 1 aromatic rings. The SMILES string of the molecule is O=S([O-])OCCCN1CCCc2ccccc21. The molecule has 4 nitrogen and oxygen atoms in total. The summed E-state index contributed by atoms with van der Waals surface area (Å²) in [6.45, 7) is 2.14. The monoisotopic (exact) mass is 254 g/mol. The Kier molecular flexibility index (Phi) is 4.53. The van der Waals surface area contributed by atoms with Gasteiger partial charge in [-0.05, 0) is 30.9 Å². The maximum Gasteiger partial charge on any atom is 0.0842 e. The molecule has 0 radical (unpaired) electrons. The third-order valence-corrected chi connectivity index (χ3v) is 3.32. The van der Waals surface area contributed by atoms with Crippen LogP contribution in [0.5, 0.6) is 0 Å². The lowest BCUT2D eigenvalue weighted by Crippen LogP contribution is -2.30. The van der Waals surface area contributed by atoms with E-state index >= 15 is 0 Å². The van der Waals surface area contributed by atoms with Gasteiger partial charge in [-0.3, -0.25) is 0 Å². The number of benzene rings is 1. The molecule has 0 fully saturated rings. The van der Waals surface area contributed by atoms with Crippen LogP contribution >= 0.6 is 0 Å². The van der Waals surface area contributed by atoms with Crippen LogP contribution in [0.25, 0.3) is 0 Å². The van der Waals surface area contributed by atoms with E-state index in [2.05, 4.69) is 27.3 Å². The minimum absolute atomic E-state index is 0.259. The lowest BCUT2D eigenvalue weighted by molar-refractivity contribution is 0.296. The summed E-state index contributed by atoms with van der Waals surface area (Å²) in [7, 11) is 0. The molecule has 1 aliphatic rings. The van der Waals surface area contributed by atoms with E-state index in [-0.39, 0.29) is 6.61 Å². The second-order valence-corrected chi connectivity index (χ2v) is 4.74. The van der Waals surface area contributed by atoms with Gasteiger partial charge in [0.15, 0.2) is 0 Å². The van der Waals surface area contributed by atoms with Gasteiger partial charge in [0.25, 0.3) is 0 Å². The fraction of sp³-hybridized carbons (Fsp3) is 0.500. The molecular formula is C12H16NO3S-. The van der Waals surface area contributed by atoms with Crippen molar-refractivity contribution in [3.05, 3.63) is 29.8 Å². The van der Waals surface area contributed by atoms with Crippen LogP contribution in [-0.4, -0.2) is 28.5 Å². The number of hydrogen-bond donors (Lipinski definition) is 0. The smallest absolute Gasteiger partial charge is 0.0842 e. The van der Waals surface area contributed by atoms with Gasteiger partial charge in [-0.2, -0.15) is 0 Å². The van der Waals surface area contributed by atoms with Crippen molar-refractivity contribution in [3.8, 4) is 0 Å². The van der Waals surface area contributed by atoms with Gasteiger partial charge in [0, 0.05) is 18.8 Å². The van der Waals surface area contributed by atoms with Crippen molar-refractivity contribution >= 4 is 17.0 Å². The highest BCUT2D eigenvalue weighted by molar-refractivity contribution is 7.74. The third kappa shape index (κ3) is 3.52. The summed E-state index contributed by atoms with van der Waals surface area (Å²) in [6.07, 6.45) is 3.02. The van der Waals surface area contributed by atoms with Crippen molar-refractivity contribution in [2.45, 2.75) is 19.3 Å². The molecular weight excluding hydrogens is 238 g/mol. The number of aryl methyl sites for hydroxylation is 1. The lowest BCUT2D eigenvalue weighted by Gasteiger charge is -2.31. The Labute approximate surface area is 104 Å². The van der Waals surface area contributed by atoms with Crippen molar-refractivity contribution in [1.82, 2.24) is 0 Å². The first-order valence-electron chi connectivity index (χ1n) is 5.83. The van der Waals surface area contributed by atoms with Crippen LogP contribution < -0.4 is 4.90 Å². The molecule has 1 heterocycles. The Hall–Kier alpha value is -0.910. The predicted molar refractivity (Wildman–Crippen MR) is 66.5 cm³/mol. The summed E-state index contributed by atoms with van der Waals surface area (Å²) >= 11 is -2.39. The molecule has 0 spiro atoms. The van der Waals surface area contributed by atoms with Gasteiger partial charge in [-0.15, -0.1) is 0 Å². The van der Waals surface area contributed by atoms with Crippen molar-refractivity contribution in [2.75, 3.05) is 24.6 Å². The molecule has 0 saturated carbocycles. The number of rotatable bonds is 5. The van der Waals surface area contributed by atoms with Gasteiger partial charge in [0.2, 0.25) is 0 Å². The van der Waals surface area contributed by atoms with Crippen LogP contribution in [0.3, 0.4) is 0 Å². The fourth-order valence-electron chi connectivity index (χ4n) is 2.23. The largest absolute Gasteiger partial charge is 0.750 e. The standard InChI is InChI=1S/C12H17NO3S/c14-17(15)16-10-4-9-13-8-3-6-11-5-1-2-7-12(11)13/h1-2,5,7H,3-4,6,8-10H2,(H,14,15)/p-1. The van der Waals surface area contributed by atoms with Gasteiger partial charge in [0.1, 0.15) is 0 Å². The first kappa shape index (κ1) is 12.5. The van der Waals surface area contributed by atoms with Crippen LogP contribution in [0.4, 0.5) is 5.69 Å². The minimum Gasteiger partial charge on any atom is -0.750 e. The Bertz CT molecular complexity index is 397. The van der Waals surface area contributed by atoms with E-state index < -0.39 is 11.4 Å². The Balaban J connectivity index is 1.88. The zero-order chi connectivity index (χ0) is 12.1. The molecule has 94 valence electrons. The maximum absolute atomic E-state index is 10.2. The number of fused-ring (bicyclic) bond motifs is 1. The van der Waals surface area contributed by atoms with E-state index in [9.17, 15) is 8.76 Å². The molecule has 1 atom stereocenters. The normalized spacial score (nSPS) is 16.6. The Morgan fingerprint density at radius 2 is 2.24 bits per heavy atom. The van der Waals surface area contributed by atoms with E-state index in [1.54, 1.807) is 0 Å². The van der Waals surface area contributed by atoms with Crippen molar-refractivity contribution < 1.29 is 12.9 Å². The first-order valence-corrected chi connectivity index (χ1v) is 6.83. The summed E-state index contributed by atoms with van der Waals surface area (Å²) < 4.78 is 24.9. The molecule has 1 aliphatic heterocycles. The molecule has 1 unspecified atom stereocenters. The molecule has 5 heteroatoms. The molecule has 0 aromatic heterocycles. The highest BCUT2D eigenvalue weighted by atomic mass is 32.2. The van der Waals surface area contributed by atoms with Gasteiger partial charge in [-0.25, -0.2) is 4.21 Å². The van der Waals surface area contributed by atoms with E-state index in [1.807, 2.05) is 6.07 Å². The average molecular weight is 254 g/mol. The number of hydrogen-bond acceptors (Lipinski definition) is 4. The highest BCUT2D eigenvalue weighted by Gasteiger charge is 2.15. The molecule has 1 aromatic carbocycles. The lowest BCUT2D eigenvalue weighted by atomic mass is 10.0.